The summed E-state index contributed by atoms with van der Waals surface area (Å²) in [6, 6.07) is 13.1. The van der Waals surface area contributed by atoms with Crippen molar-refractivity contribution >= 4 is 5.91 Å². The van der Waals surface area contributed by atoms with Crippen LogP contribution in [0, 0.1) is 6.92 Å². The lowest BCUT2D eigenvalue weighted by Crippen LogP contribution is -2.25. The Hall–Kier alpha value is -3.22. The van der Waals surface area contributed by atoms with E-state index in [4.69, 9.17) is 4.74 Å². The van der Waals surface area contributed by atoms with Crippen molar-refractivity contribution in [1.29, 1.82) is 0 Å². The van der Waals surface area contributed by atoms with Gasteiger partial charge in [0.05, 0.1) is 12.8 Å². The lowest BCUT2D eigenvalue weighted by atomic mass is 10.1. The molecule has 1 N–H and O–H groups in total. The highest BCUT2D eigenvalue weighted by molar-refractivity contribution is 5.94. The second-order valence-electron chi connectivity index (χ2n) is 5.62. The molecule has 25 heavy (non-hydrogen) atoms. The highest BCUT2D eigenvalue weighted by atomic mass is 16.5. The topological polar surface area (TPSA) is 81.9 Å². The largest absolute Gasteiger partial charge is 0.496 e. The van der Waals surface area contributed by atoms with E-state index in [0.29, 0.717) is 18.5 Å². The van der Waals surface area contributed by atoms with Crippen molar-refractivity contribution < 1.29 is 9.53 Å². The first-order valence-electron chi connectivity index (χ1n) is 7.92. The zero-order chi connectivity index (χ0) is 17.6. The van der Waals surface area contributed by atoms with Crippen LogP contribution in [0.4, 0.5) is 0 Å². The minimum Gasteiger partial charge on any atom is -0.496 e. The number of ether oxygens (including phenoxy) is 1. The summed E-state index contributed by atoms with van der Waals surface area (Å²) < 4.78 is 6.89. The van der Waals surface area contributed by atoms with E-state index in [1.54, 1.807) is 31.4 Å². The molecular formula is C18H19N5O2. The number of carbonyl (C=O) groups is 1. The zero-order valence-corrected chi connectivity index (χ0v) is 14.1. The van der Waals surface area contributed by atoms with Gasteiger partial charge < -0.3 is 10.1 Å². The van der Waals surface area contributed by atoms with E-state index >= 15 is 0 Å². The minimum absolute atomic E-state index is 0.116. The monoisotopic (exact) mass is 337 g/mol. The molecule has 7 nitrogen and oxygen atoms in total. The molecule has 7 heteroatoms. The maximum Gasteiger partial charge on any atom is 0.251 e. The summed E-state index contributed by atoms with van der Waals surface area (Å²) in [6.07, 6.45) is 2.21. The third-order valence-electron chi connectivity index (χ3n) is 3.86. The van der Waals surface area contributed by atoms with Crippen LogP contribution in [0.25, 0.3) is 5.69 Å². The molecule has 1 heterocycles. The number of nitrogens with zero attached hydrogens (tertiary/aromatic N) is 4. The minimum atomic E-state index is -0.116. The summed E-state index contributed by atoms with van der Waals surface area (Å²) in [4.78, 5) is 12.3. The average Bonchev–Trinajstić information content (AvgIpc) is 3.17. The fourth-order valence-electron chi connectivity index (χ4n) is 2.56. The van der Waals surface area contributed by atoms with Gasteiger partial charge in [0.25, 0.3) is 5.91 Å². The summed E-state index contributed by atoms with van der Waals surface area (Å²) in [7, 11) is 1.65. The summed E-state index contributed by atoms with van der Waals surface area (Å²) in [5, 5.41) is 13.9. The molecule has 0 saturated carbocycles. The first-order valence-corrected chi connectivity index (χ1v) is 7.92. The van der Waals surface area contributed by atoms with Crippen LogP contribution in [0.2, 0.25) is 0 Å². The summed E-state index contributed by atoms with van der Waals surface area (Å²) in [5.74, 6) is 0.723. The normalized spacial score (nSPS) is 10.5. The third-order valence-corrected chi connectivity index (χ3v) is 3.86. The van der Waals surface area contributed by atoms with Crippen molar-refractivity contribution in [2.75, 3.05) is 13.7 Å². The van der Waals surface area contributed by atoms with Gasteiger partial charge in [-0.25, -0.2) is 4.68 Å². The van der Waals surface area contributed by atoms with Crippen LogP contribution in [0.3, 0.4) is 0 Å². The summed E-state index contributed by atoms with van der Waals surface area (Å²) in [5.41, 5.74) is 3.64. The lowest BCUT2D eigenvalue weighted by molar-refractivity contribution is 0.0954. The van der Waals surface area contributed by atoms with Crippen LogP contribution in [-0.4, -0.2) is 39.8 Å². The molecule has 0 radical (unpaired) electrons. The number of aryl methyl sites for hydroxylation is 1. The van der Waals surface area contributed by atoms with Crippen molar-refractivity contribution in [2.45, 2.75) is 13.3 Å². The maximum absolute atomic E-state index is 12.3. The summed E-state index contributed by atoms with van der Waals surface area (Å²) >= 11 is 0. The first-order chi connectivity index (χ1) is 12.2. The smallest absolute Gasteiger partial charge is 0.251 e. The molecule has 0 fully saturated rings. The second kappa shape index (κ2) is 7.57. The molecule has 1 aromatic heterocycles. The zero-order valence-electron chi connectivity index (χ0n) is 14.1. The number of hydrogen-bond acceptors (Lipinski definition) is 5. The van der Waals surface area contributed by atoms with Crippen LogP contribution in [0.1, 0.15) is 21.5 Å². The fraction of sp³-hybridized carbons (Fsp3) is 0.222. The number of tetrazole rings is 1. The fourth-order valence-corrected chi connectivity index (χ4v) is 2.56. The number of carbonyl (C=O) groups excluding carboxylic acids is 1. The van der Waals surface area contributed by atoms with Crippen molar-refractivity contribution in [3.05, 3.63) is 65.5 Å². The van der Waals surface area contributed by atoms with E-state index in [0.717, 1.165) is 17.0 Å². The van der Waals surface area contributed by atoms with Gasteiger partial charge in [-0.3, -0.25) is 4.79 Å². The third kappa shape index (κ3) is 4.00. The van der Waals surface area contributed by atoms with E-state index < -0.39 is 0 Å². The quantitative estimate of drug-likeness (QED) is 0.743. The number of nitrogens with one attached hydrogen (secondary N) is 1. The molecule has 0 bridgehead atoms. The number of benzene rings is 2. The molecule has 3 rings (SSSR count). The SMILES string of the molecule is COc1ccc(C)cc1CCNC(=O)c1ccc(-n2cnnn2)cc1. The summed E-state index contributed by atoms with van der Waals surface area (Å²) in [6.45, 7) is 2.57. The Morgan fingerprint density at radius 3 is 2.68 bits per heavy atom. The van der Waals surface area contributed by atoms with E-state index in [1.165, 1.54) is 16.6 Å². The average molecular weight is 337 g/mol. The molecule has 1 amide bonds. The highest BCUT2D eigenvalue weighted by Gasteiger charge is 2.08. The van der Waals surface area contributed by atoms with E-state index in [1.807, 2.05) is 19.1 Å². The lowest BCUT2D eigenvalue weighted by Gasteiger charge is -2.10. The van der Waals surface area contributed by atoms with Crippen LogP contribution in [0.5, 0.6) is 5.75 Å². The van der Waals surface area contributed by atoms with Crippen LogP contribution in [0.15, 0.2) is 48.8 Å². The molecule has 2 aromatic carbocycles. The van der Waals surface area contributed by atoms with E-state index in [2.05, 4.69) is 26.9 Å². The molecular weight excluding hydrogens is 318 g/mol. The predicted molar refractivity (Wildman–Crippen MR) is 92.9 cm³/mol. The molecule has 0 atom stereocenters. The van der Waals surface area contributed by atoms with E-state index in [9.17, 15) is 4.79 Å². The Balaban J connectivity index is 1.59. The van der Waals surface area contributed by atoms with Gasteiger partial charge in [-0.05, 0) is 59.7 Å². The van der Waals surface area contributed by atoms with Crippen molar-refractivity contribution in [1.82, 2.24) is 25.5 Å². The Bertz CT molecular complexity index is 844. The second-order valence-corrected chi connectivity index (χ2v) is 5.62. The standard InChI is InChI=1S/C18H19N5O2/c1-13-3-8-17(25-2)15(11-13)9-10-19-18(24)14-4-6-16(7-5-14)23-12-20-21-22-23/h3-8,11-12H,9-10H2,1-2H3,(H,19,24). The number of rotatable bonds is 6. The number of methoxy groups -OCH3 is 1. The van der Waals surface area contributed by atoms with Crippen molar-refractivity contribution in [2.24, 2.45) is 0 Å². The van der Waals surface area contributed by atoms with Crippen molar-refractivity contribution in [3.63, 3.8) is 0 Å². The Kier molecular flexibility index (Phi) is 5.03. The molecule has 3 aromatic rings. The molecule has 0 spiro atoms. The van der Waals surface area contributed by atoms with E-state index in [-0.39, 0.29) is 5.91 Å². The Morgan fingerprint density at radius 2 is 2.00 bits per heavy atom. The van der Waals surface area contributed by atoms with Crippen LogP contribution >= 0.6 is 0 Å². The maximum atomic E-state index is 12.3. The van der Waals surface area contributed by atoms with Crippen molar-refractivity contribution in [3.8, 4) is 11.4 Å². The number of amides is 1. The van der Waals surface area contributed by atoms with Gasteiger partial charge in [-0.2, -0.15) is 0 Å². The van der Waals surface area contributed by atoms with Gasteiger partial charge in [0.2, 0.25) is 0 Å². The molecule has 128 valence electrons. The Labute approximate surface area is 145 Å². The van der Waals surface area contributed by atoms with Gasteiger partial charge in [0.1, 0.15) is 12.1 Å². The Morgan fingerprint density at radius 1 is 1.20 bits per heavy atom. The van der Waals surface area contributed by atoms with Gasteiger partial charge in [-0.1, -0.05) is 17.7 Å². The van der Waals surface area contributed by atoms with Crippen LogP contribution in [-0.2, 0) is 6.42 Å². The molecule has 0 aliphatic heterocycles. The van der Waals surface area contributed by atoms with Gasteiger partial charge >= 0.3 is 0 Å². The molecule has 0 aliphatic carbocycles. The van der Waals surface area contributed by atoms with Crippen LogP contribution < -0.4 is 10.1 Å². The van der Waals surface area contributed by atoms with Gasteiger partial charge in [0, 0.05) is 12.1 Å². The van der Waals surface area contributed by atoms with Gasteiger partial charge in [0.15, 0.2) is 0 Å². The molecule has 0 aliphatic rings. The predicted octanol–water partition coefficient (Wildman–Crippen LogP) is 1.95. The molecule has 0 unspecified atom stereocenters. The number of aromatic nitrogens is 4. The molecule has 0 saturated heterocycles. The first kappa shape index (κ1) is 16.6. The highest BCUT2D eigenvalue weighted by Crippen LogP contribution is 2.19. The number of hydrogen-bond donors (Lipinski definition) is 1. The van der Waals surface area contributed by atoms with Gasteiger partial charge in [-0.15, -0.1) is 5.10 Å².